The van der Waals surface area contributed by atoms with Crippen LogP contribution >= 0.6 is 0 Å². The van der Waals surface area contributed by atoms with Crippen molar-refractivity contribution < 1.29 is 28.6 Å². The van der Waals surface area contributed by atoms with Crippen molar-refractivity contribution in [1.82, 2.24) is 0 Å². The first-order chi connectivity index (χ1) is 32.0. The Morgan fingerprint density at radius 2 is 0.615 bits per heavy atom. The van der Waals surface area contributed by atoms with E-state index in [0.717, 1.165) is 116 Å². The third-order valence-electron chi connectivity index (χ3n) is 11.0. The summed E-state index contributed by atoms with van der Waals surface area (Å²) in [5.41, 5.74) is 0. The number of esters is 3. The predicted octanol–water partition coefficient (Wildman–Crippen LogP) is 17.8. The molecule has 1 unspecified atom stereocenters. The van der Waals surface area contributed by atoms with Gasteiger partial charge in [-0.15, -0.1) is 0 Å². The number of carbonyl (C=O) groups is 3. The van der Waals surface area contributed by atoms with Crippen LogP contribution in [0, 0.1) is 0 Å². The lowest BCUT2D eigenvalue weighted by molar-refractivity contribution is -0.167. The van der Waals surface area contributed by atoms with Crippen molar-refractivity contribution in [2.45, 2.75) is 245 Å². The fraction of sp³-hybridized carbons (Fsp3) is 0.678. The Hall–Kier alpha value is -3.67. The Balaban J connectivity index is 4.52. The molecule has 0 spiro atoms. The lowest BCUT2D eigenvalue weighted by atomic mass is 10.1. The van der Waals surface area contributed by atoms with Crippen LogP contribution in [0.5, 0.6) is 0 Å². The van der Waals surface area contributed by atoms with E-state index in [2.05, 4.69) is 118 Å². The summed E-state index contributed by atoms with van der Waals surface area (Å²) in [4.78, 5) is 38.0. The molecule has 0 aromatic carbocycles. The number of ether oxygens (including phenoxy) is 3. The average molecular weight is 903 g/mol. The van der Waals surface area contributed by atoms with E-state index < -0.39 is 6.10 Å². The summed E-state index contributed by atoms with van der Waals surface area (Å²) in [5.74, 6) is -0.990. The Morgan fingerprint density at radius 3 is 1.05 bits per heavy atom. The number of carbonyl (C=O) groups excluding carboxylic acids is 3. The van der Waals surface area contributed by atoms with Gasteiger partial charge < -0.3 is 14.2 Å². The number of allylic oxidation sites excluding steroid dienone is 16. The largest absolute Gasteiger partial charge is 0.462 e. The standard InChI is InChI=1S/C59H98O6/c1-4-7-10-13-16-19-22-25-28-29-32-34-37-40-43-46-49-52-58(61)64-55-56(65-59(62)53-50-47-44-41-38-35-31-27-24-21-18-15-12-9-6-3)54-63-57(60)51-48-45-42-39-36-33-30-26-23-20-17-14-11-8-5-2/h7,10,16,18-19,21,25-28,30-32,34,40,43,56H,4-6,8-9,11-15,17,20,22-24,29,33,35-39,41-42,44-55H2,1-3H3/b10-7-,19-16-,21-18-,28-25-,30-26-,31-27-,34-32-,43-40-. The molecule has 6 heteroatoms. The van der Waals surface area contributed by atoms with E-state index in [1.54, 1.807) is 0 Å². The van der Waals surface area contributed by atoms with E-state index in [1.807, 2.05) is 0 Å². The molecule has 6 nitrogen and oxygen atoms in total. The molecular formula is C59H98O6. The Kier molecular flexibility index (Phi) is 50.0. The van der Waals surface area contributed by atoms with Gasteiger partial charge in [0.15, 0.2) is 6.10 Å². The molecule has 65 heavy (non-hydrogen) atoms. The van der Waals surface area contributed by atoms with Crippen LogP contribution in [-0.4, -0.2) is 37.2 Å². The quantitative estimate of drug-likeness (QED) is 0.0262. The van der Waals surface area contributed by atoms with Crippen molar-refractivity contribution in [3.63, 3.8) is 0 Å². The normalized spacial score (nSPS) is 12.8. The van der Waals surface area contributed by atoms with Crippen molar-refractivity contribution in [3.05, 3.63) is 97.2 Å². The van der Waals surface area contributed by atoms with Crippen LogP contribution in [0.1, 0.15) is 239 Å². The summed E-state index contributed by atoms with van der Waals surface area (Å²) in [6, 6.07) is 0. The molecule has 0 aromatic heterocycles. The van der Waals surface area contributed by atoms with Gasteiger partial charge >= 0.3 is 17.9 Å². The van der Waals surface area contributed by atoms with E-state index in [-0.39, 0.29) is 37.5 Å². The van der Waals surface area contributed by atoms with Crippen LogP contribution < -0.4 is 0 Å². The monoisotopic (exact) mass is 903 g/mol. The van der Waals surface area contributed by atoms with Crippen LogP contribution in [0.25, 0.3) is 0 Å². The smallest absolute Gasteiger partial charge is 0.306 e. The lowest BCUT2D eigenvalue weighted by Gasteiger charge is -2.18. The number of unbranched alkanes of at least 4 members (excludes halogenated alkanes) is 20. The van der Waals surface area contributed by atoms with E-state index in [9.17, 15) is 14.4 Å². The van der Waals surface area contributed by atoms with Gasteiger partial charge in [0.25, 0.3) is 0 Å². The number of rotatable bonds is 47. The van der Waals surface area contributed by atoms with Crippen LogP contribution in [0.4, 0.5) is 0 Å². The summed E-state index contributed by atoms with van der Waals surface area (Å²) < 4.78 is 16.8. The zero-order chi connectivity index (χ0) is 47.2. The second-order valence-electron chi connectivity index (χ2n) is 17.4. The highest BCUT2D eigenvalue weighted by Gasteiger charge is 2.19. The molecule has 370 valence electrons. The van der Waals surface area contributed by atoms with Crippen molar-refractivity contribution in [2.75, 3.05) is 13.2 Å². The minimum atomic E-state index is -0.812. The molecule has 0 saturated carbocycles. The van der Waals surface area contributed by atoms with Crippen LogP contribution in [0.15, 0.2) is 97.2 Å². The Labute approximate surface area is 400 Å². The Morgan fingerprint density at radius 1 is 0.323 bits per heavy atom. The maximum Gasteiger partial charge on any atom is 0.306 e. The summed E-state index contributed by atoms with van der Waals surface area (Å²) in [5, 5.41) is 0. The molecule has 0 aliphatic rings. The summed E-state index contributed by atoms with van der Waals surface area (Å²) >= 11 is 0. The lowest BCUT2D eigenvalue weighted by Crippen LogP contribution is -2.30. The molecule has 1 atom stereocenters. The molecule has 0 rings (SSSR count). The van der Waals surface area contributed by atoms with Gasteiger partial charge in [0, 0.05) is 19.3 Å². The van der Waals surface area contributed by atoms with Gasteiger partial charge in [-0.2, -0.15) is 0 Å². The van der Waals surface area contributed by atoms with E-state index >= 15 is 0 Å². The second kappa shape index (κ2) is 52.9. The maximum atomic E-state index is 12.8. The van der Waals surface area contributed by atoms with Crippen molar-refractivity contribution in [2.24, 2.45) is 0 Å². The SMILES string of the molecule is CC/C=C\C/C=C\C/C=C\C/C=C\C/C=C\CCCC(=O)OCC(COC(=O)CCCCCCC/C=C\CCCCCCCC)OC(=O)CCCCCCC/C=C\C/C=C\CCCCC. The van der Waals surface area contributed by atoms with E-state index in [1.165, 1.54) is 77.0 Å². The molecule has 0 saturated heterocycles. The molecule has 0 heterocycles. The third-order valence-corrected chi connectivity index (χ3v) is 11.0. The number of hydrogen-bond acceptors (Lipinski definition) is 6. The van der Waals surface area contributed by atoms with Gasteiger partial charge in [-0.05, 0) is 116 Å². The van der Waals surface area contributed by atoms with Crippen molar-refractivity contribution >= 4 is 17.9 Å². The molecule has 0 amide bonds. The molecule has 0 aliphatic carbocycles. The first kappa shape index (κ1) is 61.3. The molecule has 0 bridgehead atoms. The fourth-order valence-electron chi connectivity index (χ4n) is 7.03. The van der Waals surface area contributed by atoms with E-state index in [0.29, 0.717) is 19.3 Å². The second-order valence-corrected chi connectivity index (χ2v) is 17.4. The number of hydrogen-bond donors (Lipinski definition) is 0. The summed E-state index contributed by atoms with van der Waals surface area (Å²) in [7, 11) is 0. The van der Waals surface area contributed by atoms with Gasteiger partial charge in [0.2, 0.25) is 0 Å². The molecule has 0 aromatic rings. The van der Waals surface area contributed by atoms with Crippen molar-refractivity contribution in [3.8, 4) is 0 Å². The first-order valence-corrected chi connectivity index (χ1v) is 26.7. The highest BCUT2D eigenvalue weighted by atomic mass is 16.6. The molecular weight excluding hydrogens is 805 g/mol. The summed E-state index contributed by atoms with van der Waals surface area (Å²) in [6.45, 7) is 6.42. The first-order valence-electron chi connectivity index (χ1n) is 26.7. The molecule has 0 aliphatic heterocycles. The molecule has 0 N–H and O–H groups in total. The van der Waals surface area contributed by atoms with Crippen molar-refractivity contribution in [1.29, 1.82) is 0 Å². The molecule has 0 radical (unpaired) electrons. The zero-order valence-corrected chi connectivity index (χ0v) is 42.2. The van der Waals surface area contributed by atoms with Gasteiger partial charge in [-0.1, -0.05) is 201 Å². The molecule has 0 fully saturated rings. The average Bonchev–Trinajstić information content (AvgIpc) is 3.30. The van der Waals surface area contributed by atoms with E-state index in [4.69, 9.17) is 14.2 Å². The van der Waals surface area contributed by atoms with Crippen LogP contribution in [-0.2, 0) is 28.6 Å². The highest BCUT2D eigenvalue weighted by molar-refractivity contribution is 5.71. The van der Waals surface area contributed by atoms with Crippen LogP contribution in [0.3, 0.4) is 0 Å². The minimum Gasteiger partial charge on any atom is -0.462 e. The minimum absolute atomic E-state index is 0.106. The predicted molar refractivity (Wildman–Crippen MR) is 279 cm³/mol. The van der Waals surface area contributed by atoms with Gasteiger partial charge in [0.1, 0.15) is 13.2 Å². The van der Waals surface area contributed by atoms with Gasteiger partial charge in [0.05, 0.1) is 0 Å². The van der Waals surface area contributed by atoms with Gasteiger partial charge in [-0.3, -0.25) is 14.4 Å². The third kappa shape index (κ3) is 51.2. The van der Waals surface area contributed by atoms with Crippen LogP contribution in [0.2, 0.25) is 0 Å². The highest BCUT2D eigenvalue weighted by Crippen LogP contribution is 2.13. The maximum absolute atomic E-state index is 12.8. The summed E-state index contributed by atoms with van der Waals surface area (Å²) in [6.07, 6.45) is 69.6. The Bertz CT molecular complexity index is 1310. The zero-order valence-electron chi connectivity index (χ0n) is 42.2. The van der Waals surface area contributed by atoms with Gasteiger partial charge in [-0.25, -0.2) is 0 Å². The topological polar surface area (TPSA) is 78.9 Å². The fourth-order valence-corrected chi connectivity index (χ4v) is 7.03.